The van der Waals surface area contributed by atoms with Crippen LogP contribution in [0, 0.1) is 17.1 Å². The van der Waals surface area contributed by atoms with Gasteiger partial charge in [-0.15, -0.1) is 0 Å². The number of nitrogen functional groups attached to an aromatic ring is 1. The lowest BCUT2D eigenvalue weighted by molar-refractivity contribution is 0.482. The first kappa shape index (κ1) is 12.4. The standard InChI is InChI=1S/C13H8BrFN2O/c14-10-6-9(2-3-11(10)15)18-13-4-1-8(7-16)5-12(13)17/h1-6H,17H2. The summed E-state index contributed by atoms with van der Waals surface area (Å²) in [5, 5.41) is 8.72. The van der Waals surface area contributed by atoms with Crippen LogP contribution in [0.5, 0.6) is 11.5 Å². The molecule has 0 bridgehead atoms. The summed E-state index contributed by atoms with van der Waals surface area (Å²) in [5.41, 5.74) is 6.57. The van der Waals surface area contributed by atoms with Crippen LogP contribution in [0.4, 0.5) is 10.1 Å². The van der Waals surface area contributed by atoms with Gasteiger partial charge in [-0.3, -0.25) is 0 Å². The highest BCUT2D eigenvalue weighted by atomic mass is 79.9. The second-order valence-electron chi connectivity index (χ2n) is 3.54. The molecule has 0 saturated carbocycles. The Labute approximate surface area is 112 Å². The Morgan fingerprint density at radius 1 is 1.22 bits per heavy atom. The van der Waals surface area contributed by atoms with Crippen molar-refractivity contribution in [1.82, 2.24) is 0 Å². The predicted molar refractivity (Wildman–Crippen MR) is 69.7 cm³/mol. The van der Waals surface area contributed by atoms with Crippen molar-refractivity contribution in [3.8, 4) is 17.6 Å². The van der Waals surface area contributed by atoms with E-state index in [9.17, 15) is 4.39 Å². The second kappa shape index (κ2) is 5.07. The summed E-state index contributed by atoms with van der Waals surface area (Å²) < 4.78 is 18.9. The zero-order valence-corrected chi connectivity index (χ0v) is 10.7. The second-order valence-corrected chi connectivity index (χ2v) is 4.40. The van der Waals surface area contributed by atoms with E-state index in [2.05, 4.69) is 15.9 Å². The maximum Gasteiger partial charge on any atom is 0.150 e. The van der Waals surface area contributed by atoms with E-state index in [1.165, 1.54) is 24.3 Å². The fourth-order valence-electron chi connectivity index (χ4n) is 1.38. The lowest BCUT2D eigenvalue weighted by Crippen LogP contribution is -1.93. The van der Waals surface area contributed by atoms with Gasteiger partial charge < -0.3 is 10.5 Å². The van der Waals surface area contributed by atoms with Gasteiger partial charge in [0.15, 0.2) is 0 Å². The summed E-state index contributed by atoms with van der Waals surface area (Å²) >= 11 is 3.07. The lowest BCUT2D eigenvalue weighted by Gasteiger charge is -2.09. The Hall–Kier alpha value is -2.06. The maximum atomic E-state index is 13.1. The minimum atomic E-state index is -0.366. The van der Waals surface area contributed by atoms with Crippen LogP contribution in [0.2, 0.25) is 0 Å². The van der Waals surface area contributed by atoms with Crippen LogP contribution >= 0.6 is 15.9 Å². The highest BCUT2D eigenvalue weighted by molar-refractivity contribution is 9.10. The Kier molecular flexibility index (Phi) is 3.49. The molecule has 0 amide bonds. The van der Waals surface area contributed by atoms with Gasteiger partial charge in [-0.25, -0.2) is 4.39 Å². The molecule has 0 heterocycles. The molecule has 0 fully saturated rings. The van der Waals surface area contributed by atoms with Crippen LogP contribution in [0.3, 0.4) is 0 Å². The van der Waals surface area contributed by atoms with Gasteiger partial charge in [0.25, 0.3) is 0 Å². The molecule has 18 heavy (non-hydrogen) atoms. The van der Waals surface area contributed by atoms with Gasteiger partial charge in [-0.1, -0.05) is 0 Å². The molecular weight excluding hydrogens is 299 g/mol. The minimum Gasteiger partial charge on any atom is -0.455 e. The van der Waals surface area contributed by atoms with Crippen molar-refractivity contribution in [2.24, 2.45) is 0 Å². The first-order chi connectivity index (χ1) is 8.60. The Balaban J connectivity index is 2.29. The van der Waals surface area contributed by atoms with Crippen LogP contribution in [-0.2, 0) is 0 Å². The summed E-state index contributed by atoms with van der Waals surface area (Å²) in [7, 11) is 0. The van der Waals surface area contributed by atoms with E-state index >= 15 is 0 Å². The zero-order chi connectivity index (χ0) is 13.1. The van der Waals surface area contributed by atoms with Crippen molar-refractivity contribution in [3.05, 3.63) is 52.3 Å². The first-order valence-corrected chi connectivity index (χ1v) is 5.82. The van der Waals surface area contributed by atoms with Crippen molar-refractivity contribution in [3.63, 3.8) is 0 Å². The van der Waals surface area contributed by atoms with E-state index in [0.29, 0.717) is 27.2 Å². The van der Waals surface area contributed by atoms with E-state index < -0.39 is 0 Å². The third-order valence-corrected chi connectivity index (χ3v) is 2.87. The van der Waals surface area contributed by atoms with Crippen LogP contribution < -0.4 is 10.5 Å². The van der Waals surface area contributed by atoms with Crippen LogP contribution in [0.25, 0.3) is 0 Å². The number of hydrogen-bond acceptors (Lipinski definition) is 3. The SMILES string of the molecule is N#Cc1ccc(Oc2ccc(F)c(Br)c2)c(N)c1. The smallest absolute Gasteiger partial charge is 0.150 e. The Morgan fingerprint density at radius 2 is 2.00 bits per heavy atom. The number of benzene rings is 2. The summed E-state index contributed by atoms with van der Waals surface area (Å²) in [6.45, 7) is 0. The molecular formula is C13H8BrFN2O. The molecule has 0 aliphatic carbocycles. The fourth-order valence-corrected chi connectivity index (χ4v) is 1.74. The van der Waals surface area contributed by atoms with Gasteiger partial charge in [0.1, 0.15) is 17.3 Å². The number of nitrogens with two attached hydrogens (primary N) is 1. The zero-order valence-electron chi connectivity index (χ0n) is 9.15. The average molecular weight is 307 g/mol. The summed E-state index contributed by atoms with van der Waals surface area (Å²) in [6.07, 6.45) is 0. The fraction of sp³-hybridized carbons (Fsp3) is 0. The van der Waals surface area contributed by atoms with Crippen LogP contribution in [-0.4, -0.2) is 0 Å². The molecule has 3 nitrogen and oxygen atoms in total. The van der Waals surface area contributed by atoms with Gasteiger partial charge in [-0.2, -0.15) is 5.26 Å². The average Bonchev–Trinajstić information content (AvgIpc) is 2.36. The quantitative estimate of drug-likeness (QED) is 0.858. The van der Waals surface area contributed by atoms with Gasteiger partial charge in [-0.05, 0) is 52.3 Å². The number of rotatable bonds is 2. The predicted octanol–water partition coefficient (Wildman–Crippen LogP) is 3.83. The van der Waals surface area contributed by atoms with Gasteiger partial charge in [0, 0.05) is 0 Å². The van der Waals surface area contributed by atoms with Crippen molar-refractivity contribution >= 4 is 21.6 Å². The third-order valence-electron chi connectivity index (χ3n) is 2.26. The molecule has 0 spiro atoms. The number of anilines is 1. The molecule has 2 N–H and O–H groups in total. The number of halogens is 2. The molecule has 0 radical (unpaired) electrons. The van der Waals surface area contributed by atoms with E-state index in [0.717, 1.165) is 0 Å². The molecule has 0 saturated heterocycles. The molecule has 90 valence electrons. The Morgan fingerprint density at radius 3 is 2.61 bits per heavy atom. The molecule has 0 aliphatic rings. The van der Waals surface area contributed by atoms with Gasteiger partial charge in [0.2, 0.25) is 0 Å². The molecule has 2 aromatic carbocycles. The molecule has 2 aromatic rings. The molecule has 0 aromatic heterocycles. The monoisotopic (exact) mass is 306 g/mol. The van der Waals surface area contributed by atoms with Crippen molar-refractivity contribution in [1.29, 1.82) is 5.26 Å². The van der Waals surface area contributed by atoms with Crippen LogP contribution in [0.15, 0.2) is 40.9 Å². The van der Waals surface area contributed by atoms with E-state index in [1.54, 1.807) is 12.1 Å². The minimum absolute atomic E-state index is 0.312. The molecule has 2 rings (SSSR count). The van der Waals surface area contributed by atoms with Crippen molar-refractivity contribution in [2.45, 2.75) is 0 Å². The normalized spacial score (nSPS) is 9.83. The van der Waals surface area contributed by atoms with Gasteiger partial charge in [0.05, 0.1) is 21.8 Å². The first-order valence-electron chi connectivity index (χ1n) is 5.02. The largest absolute Gasteiger partial charge is 0.455 e. The van der Waals surface area contributed by atoms with Gasteiger partial charge >= 0.3 is 0 Å². The maximum absolute atomic E-state index is 13.1. The molecule has 0 aliphatic heterocycles. The van der Waals surface area contributed by atoms with Crippen molar-refractivity contribution in [2.75, 3.05) is 5.73 Å². The molecule has 0 unspecified atom stereocenters. The molecule has 0 atom stereocenters. The van der Waals surface area contributed by atoms with E-state index in [1.807, 2.05) is 6.07 Å². The number of hydrogen-bond donors (Lipinski definition) is 1. The summed E-state index contributed by atoms with van der Waals surface area (Å²) in [5.74, 6) is 0.516. The summed E-state index contributed by atoms with van der Waals surface area (Å²) in [6, 6.07) is 11.0. The number of ether oxygens (including phenoxy) is 1. The highest BCUT2D eigenvalue weighted by Crippen LogP contribution is 2.30. The summed E-state index contributed by atoms with van der Waals surface area (Å²) in [4.78, 5) is 0. The number of nitrogens with zero attached hydrogens (tertiary/aromatic N) is 1. The van der Waals surface area contributed by atoms with Crippen molar-refractivity contribution < 1.29 is 9.13 Å². The van der Waals surface area contributed by atoms with E-state index in [4.69, 9.17) is 15.7 Å². The van der Waals surface area contributed by atoms with Crippen LogP contribution in [0.1, 0.15) is 5.56 Å². The topological polar surface area (TPSA) is 59.0 Å². The third kappa shape index (κ3) is 2.60. The number of nitriles is 1. The highest BCUT2D eigenvalue weighted by Gasteiger charge is 2.06. The van der Waals surface area contributed by atoms with E-state index in [-0.39, 0.29) is 5.82 Å². The molecule has 5 heteroatoms. The lowest BCUT2D eigenvalue weighted by atomic mass is 10.2. The Bertz CT molecular complexity index is 637.